The third kappa shape index (κ3) is 8.71. The van der Waals surface area contributed by atoms with Gasteiger partial charge in [-0.25, -0.2) is 0 Å². The Hall–Kier alpha value is -5.39. The van der Waals surface area contributed by atoms with Crippen molar-refractivity contribution >= 4 is 47.9 Å². The van der Waals surface area contributed by atoms with Crippen molar-refractivity contribution in [2.45, 2.75) is 64.5 Å². The molecule has 0 aliphatic carbocycles. The molecule has 4 aromatic rings. The van der Waals surface area contributed by atoms with Crippen molar-refractivity contribution in [2.75, 3.05) is 55.6 Å². The first-order valence-corrected chi connectivity index (χ1v) is 21.0. The highest BCUT2D eigenvalue weighted by Gasteiger charge is 2.39. The first kappa shape index (κ1) is 39.4. The van der Waals surface area contributed by atoms with E-state index in [9.17, 15) is 14.4 Å². The van der Waals surface area contributed by atoms with Gasteiger partial charge in [-0.2, -0.15) is 0 Å². The summed E-state index contributed by atoms with van der Waals surface area (Å²) in [4.78, 5) is 46.4. The van der Waals surface area contributed by atoms with Crippen molar-refractivity contribution in [3.05, 3.63) is 125 Å². The van der Waals surface area contributed by atoms with Gasteiger partial charge in [0.25, 0.3) is 5.91 Å². The van der Waals surface area contributed by atoms with Crippen molar-refractivity contribution in [3.8, 4) is 5.75 Å². The molecule has 11 heteroatoms. The first-order chi connectivity index (χ1) is 28.4. The van der Waals surface area contributed by atoms with Crippen LogP contribution in [0.15, 0.2) is 97.1 Å². The maximum atomic E-state index is 13.1. The van der Waals surface area contributed by atoms with E-state index in [1.54, 1.807) is 4.90 Å². The van der Waals surface area contributed by atoms with Crippen molar-refractivity contribution in [3.63, 3.8) is 0 Å². The Morgan fingerprint density at radius 3 is 2.12 bits per heavy atom. The monoisotopic (exact) mass is 778 g/mol. The second kappa shape index (κ2) is 18.0. The zero-order chi connectivity index (χ0) is 40.0. The Morgan fingerprint density at radius 1 is 0.776 bits per heavy atom. The summed E-state index contributed by atoms with van der Waals surface area (Å²) in [6.07, 6.45) is 6.46. The molecule has 0 saturated carbocycles. The summed E-state index contributed by atoms with van der Waals surface area (Å²) < 4.78 is 5.19. The van der Waals surface area contributed by atoms with E-state index in [-0.39, 0.29) is 24.1 Å². The molecule has 4 aliphatic rings. The molecule has 1 unspecified atom stereocenters. The highest BCUT2D eigenvalue weighted by molar-refractivity contribution is 6.17. The number of imide groups is 1. The molecular formula is C47H53BN5O5. The second-order valence-corrected chi connectivity index (χ2v) is 16.0. The summed E-state index contributed by atoms with van der Waals surface area (Å²) >= 11 is 0. The van der Waals surface area contributed by atoms with E-state index in [1.807, 2.05) is 24.3 Å². The molecule has 0 bridgehead atoms. The minimum Gasteiger partial charge on any atom is -0.537 e. The lowest BCUT2D eigenvalue weighted by molar-refractivity contribution is -0.136. The van der Waals surface area contributed by atoms with Gasteiger partial charge < -0.3 is 24.4 Å². The second-order valence-electron chi connectivity index (χ2n) is 16.0. The van der Waals surface area contributed by atoms with Crippen LogP contribution >= 0.6 is 0 Å². The van der Waals surface area contributed by atoms with E-state index >= 15 is 0 Å². The molecule has 299 valence electrons. The van der Waals surface area contributed by atoms with Gasteiger partial charge in [0, 0.05) is 69.2 Å². The molecule has 2 N–H and O–H groups in total. The van der Waals surface area contributed by atoms with Gasteiger partial charge in [0.05, 0.1) is 0 Å². The van der Waals surface area contributed by atoms with E-state index in [0.29, 0.717) is 32.0 Å². The van der Waals surface area contributed by atoms with Crippen molar-refractivity contribution in [2.24, 2.45) is 5.92 Å². The van der Waals surface area contributed by atoms with Crippen LogP contribution in [0, 0.1) is 5.92 Å². The fourth-order valence-electron chi connectivity index (χ4n) is 9.35. The van der Waals surface area contributed by atoms with Gasteiger partial charge in [0.2, 0.25) is 11.8 Å². The number of fused-ring (bicyclic) bond motifs is 1. The molecular weight excluding hydrogens is 725 g/mol. The summed E-state index contributed by atoms with van der Waals surface area (Å²) in [5, 5.41) is 11.5. The minimum absolute atomic E-state index is 0.123. The lowest BCUT2D eigenvalue weighted by Crippen LogP contribution is -2.52. The maximum Gasteiger partial charge on any atom is 0.569 e. The highest BCUT2D eigenvalue weighted by Crippen LogP contribution is 2.37. The van der Waals surface area contributed by atoms with Crippen molar-refractivity contribution in [1.29, 1.82) is 0 Å². The fourth-order valence-corrected chi connectivity index (χ4v) is 9.35. The Bertz CT molecular complexity index is 2110. The summed E-state index contributed by atoms with van der Waals surface area (Å²) in [6.45, 7) is 9.86. The van der Waals surface area contributed by atoms with Gasteiger partial charge in [-0.1, -0.05) is 61.5 Å². The van der Waals surface area contributed by atoms with Crippen LogP contribution in [0.4, 0.5) is 11.4 Å². The lowest BCUT2D eigenvalue weighted by atomic mass is 9.88. The van der Waals surface area contributed by atoms with Gasteiger partial charge in [-0.15, -0.1) is 0 Å². The van der Waals surface area contributed by atoms with Gasteiger partial charge >= 0.3 is 7.69 Å². The van der Waals surface area contributed by atoms with E-state index < -0.39 is 6.04 Å². The van der Waals surface area contributed by atoms with Crippen molar-refractivity contribution < 1.29 is 24.1 Å². The maximum absolute atomic E-state index is 13.1. The molecule has 58 heavy (non-hydrogen) atoms. The molecule has 4 heterocycles. The summed E-state index contributed by atoms with van der Waals surface area (Å²) in [6, 6.07) is 33.1. The average molecular weight is 779 g/mol. The predicted molar refractivity (Wildman–Crippen MR) is 229 cm³/mol. The number of amides is 3. The largest absolute Gasteiger partial charge is 0.569 e. The third-order valence-corrected chi connectivity index (χ3v) is 12.6. The van der Waals surface area contributed by atoms with Crippen LogP contribution in [0.5, 0.6) is 5.75 Å². The number of nitrogens with zero attached hydrogens (tertiary/aromatic N) is 4. The number of benzene rings is 4. The average Bonchev–Trinajstić information content (AvgIpc) is 3.59. The van der Waals surface area contributed by atoms with Gasteiger partial charge in [-0.05, 0) is 127 Å². The molecule has 4 aromatic carbocycles. The lowest BCUT2D eigenvalue weighted by Gasteiger charge is -2.37. The van der Waals surface area contributed by atoms with Gasteiger partial charge in [0.1, 0.15) is 11.8 Å². The first-order valence-electron chi connectivity index (χ1n) is 21.0. The van der Waals surface area contributed by atoms with Crippen molar-refractivity contribution in [1.82, 2.24) is 15.1 Å². The SMILES string of the molecule is CC/C(=C(\c1ccc(O[B]O)cc1)c1ccc(N2CCC(CCCN3CCN(c4ccc5c(c4)CN(C4CCC(=O)NC4=O)C5=O)CC3)CC2)cc1)c1ccccc1. The van der Waals surface area contributed by atoms with E-state index in [1.165, 1.54) is 53.6 Å². The van der Waals surface area contributed by atoms with Crippen LogP contribution in [0.3, 0.4) is 0 Å². The quantitative estimate of drug-likeness (QED) is 0.0897. The summed E-state index contributed by atoms with van der Waals surface area (Å²) in [5.41, 5.74) is 10.0. The Kier molecular flexibility index (Phi) is 12.3. The Balaban J connectivity index is 0.805. The normalized spacial score (nSPS) is 19.5. The third-order valence-electron chi connectivity index (χ3n) is 12.6. The minimum atomic E-state index is -0.586. The Morgan fingerprint density at radius 2 is 1.45 bits per heavy atom. The van der Waals surface area contributed by atoms with Crippen LogP contribution in [0.25, 0.3) is 11.1 Å². The van der Waals surface area contributed by atoms with Crippen LogP contribution in [0.2, 0.25) is 0 Å². The van der Waals surface area contributed by atoms with Crippen LogP contribution in [-0.4, -0.2) is 92.1 Å². The van der Waals surface area contributed by atoms with Crippen LogP contribution < -0.4 is 19.8 Å². The topological polar surface area (TPSA) is 106 Å². The summed E-state index contributed by atoms with van der Waals surface area (Å²) in [7, 11) is 0.714. The number of piperazine rings is 1. The summed E-state index contributed by atoms with van der Waals surface area (Å²) in [5.74, 6) is 0.590. The molecule has 3 saturated heterocycles. The van der Waals surface area contributed by atoms with E-state index in [2.05, 4.69) is 99.7 Å². The molecule has 1 atom stereocenters. The zero-order valence-corrected chi connectivity index (χ0v) is 33.4. The number of piperidine rings is 2. The number of hydrogen-bond donors (Lipinski definition) is 2. The fraction of sp³-hybridized carbons (Fsp3) is 0.383. The molecule has 10 nitrogen and oxygen atoms in total. The predicted octanol–water partition coefficient (Wildman–Crippen LogP) is 6.54. The standard InChI is InChI=1S/C47H53BN5O5/c1-2-41(34-8-4-3-5-9-34)45(36-12-17-40(18-13-36)58-48-57)35-10-14-38(15-11-35)51-25-22-33(23-26-51)7-6-24-50-27-29-52(30-28-50)39-16-19-42-37(31-39)32-53(47(42)56)43-20-21-44(54)49-46(43)55/h3-5,8-19,31,33,43,57H,2,6-7,20-30,32H2,1H3,(H,49,54,55)/b45-41+. The number of hydrogen-bond acceptors (Lipinski definition) is 8. The molecule has 0 spiro atoms. The molecule has 3 fully saturated rings. The van der Waals surface area contributed by atoms with E-state index in [4.69, 9.17) is 9.68 Å². The number of allylic oxidation sites excluding steroid dienone is 1. The number of carbonyl (C=O) groups excluding carboxylic acids is 3. The van der Waals surface area contributed by atoms with E-state index in [0.717, 1.165) is 75.0 Å². The molecule has 4 aliphatic heterocycles. The molecule has 1 radical (unpaired) electrons. The number of carbonyl (C=O) groups is 3. The molecule has 3 amide bonds. The smallest absolute Gasteiger partial charge is 0.537 e. The number of anilines is 2. The number of rotatable bonds is 13. The molecule has 0 aromatic heterocycles. The highest BCUT2D eigenvalue weighted by atomic mass is 16.5. The Labute approximate surface area is 342 Å². The van der Waals surface area contributed by atoms with Gasteiger partial charge in [0.15, 0.2) is 0 Å². The van der Waals surface area contributed by atoms with Crippen LogP contribution in [-0.2, 0) is 16.1 Å². The zero-order valence-electron chi connectivity index (χ0n) is 33.4. The number of nitrogens with one attached hydrogen (secondary N) is 1. The van der Waals surface area contributed by atoms with Crippen LogP contribution in [0.1, 0.15) is 84.5 Å². The van der Waals surface area contributed by atoms with Gasteiger partial charge in [-0.3, -0.25) is 24.6 Å². The molecule has 8 rings (SSSR count).